The number of allylic oxidation sites excluding steroid dienone is 3. The van der Waals surface area contributed by atoms with Gasteiger partial charge in [0.15, 0.2) is 5.43 Å². The maximum atomic E-state index is 13.0. The van der Waals surface area contributed by atoms with Crippen molar-refractivity contribution in [2.45, 2.75) is 20.3 Å². The number of fused-ring (bicyclic) bond motifs is 2. The predicted molar refractivity (Wildman–Crippen MR) is 102 cm³/mol. The summed E-state index contributed by atoms with van der Waals surface area (Å²) in [5, 5.41) is 0.763. The van der Waals surface area contributed by atoms with Crippen LogP contribution in [-0.2, 0) is 0 Å². The first kappa shape index (κ1) is 14.7. The molecule has 0 amide bonds. The molecule has 1 aromatic heterocycles. The highest BCUT2D eigenvalue weighted by Gasteiger charge is 2.19. The quantitative estimate of drug-likeness (QED) is 0.611. The highest BCUT2D eigenvalue weighted by Crippen LogP contribution is 2.30. The molecule has 3 aromatic rings. The lowest BCUT2D eigenvalue weighted by molar-refractivity contribution is 1.04. The third kappa shape index (κ3) is 2.15. The van der Waals surface area contributed by atoms with E-state index in [0.29, 0.717) is 0 Å². The second kappa shape index (κ2) is 5.64. The first-order chi connectivity index (χ1) is 11.7. The number of hydrogen-bond acceptors (Lipinski definition) is 1. The molecule has 0 saturated carbocycles. The van der Waals surface area contributed by atoms with Gasteiger partial charge in [0.05, 0.1) is 11.2 Å². The largest absolute Gasteiger partial charge is 0.308 e. The van der Waals surface area contributed by atoms with Gasteiger partial charge in [0.1, 0.15) is 0 Å². The molecule has 0 atom stereocenters. The van der Waals surface area contributed by atoms with E-state index in [1.807, 2.05) is 42.5 Å². The van der Waals surface area contributed by atoms with Crippen molar-refractivity contribution in [2.75, 3.05) is 0 Å². The Morgan fingerprint density at radius 3 is 2.54 bits per heavy atom. The van der Waals surface area contributed by atoms with Gasteiger partial charge in [-0.2, -0.15) is 0 Å². The zero-order valence-electron chi connectivity index (χ0n) is 13.9. The predicted octanol–water partition coefficient (Wildman–Crippen LogP) is 5.12. The zero-order chi connectivity index (χ0) is 16.7. The van der Waals surface area contributed by atoms with Crippen molar-refractivity contribution in [1.29, 1.82) is 0 Å². The molecule has 118 valence electrons. The van der Waals surface area contributed by atoms with Crippen LogP contribution < -0.4 is 5.43 Å². The molecule has 0 spiro atoms. The minimum Gasteiger partial charge on any atom is -0.308 e. The van der Waals surface area contributed by atoms with E-state index in [-0.39, 0.29) is 5.43 Å². The molecule has 1 aliphatic rings. The smallest absolute Gasteiger partial charge is 0.197 e. The fourth-order valence-corrected chi connectivity index (χ4v) is 3.49. The van der Waals surface area contributed by atoms with Gasteiger partial charge in [0, 0.05) is 16.6 Å². The van der Waals surface area contributed by atoms with Gasteiger partial charge < -0.3 is 4.57 Å². The Hall–Kier alpha value is -2.87. The van der Waals surface area contributed by atoms with Crippen LogP contribution in [0.3, 0.4) is 0 Å². The molecule has 1 heterocycles. The summed E-state index contributed by atoms with van der Waals surface area (Å²) in [6.45, 7) is 4.20. The van der Waals surface area contributed by atoms with Gasteiger partial charge in [-0.1, -0.05) is 48.6 Å². The molecule has 24 heavy (non-hydrogen) atoms. The molecule has 0 radical (unpaired) electrons. The van der Waals surface area contributed by atoms with Gasteiger partial charge >= 0.3 is 0 Å². The SMILES string of the molecule is CC1=CCC=Cc2c1n(-c1ccccc1C)c1ccccc1c2=O. The lowest BCUT2D eigenvalue weighted by Crippen LogP contribution is -2.17. The van der Waals surface area contributed by atoms with E-state index in [1.54, 1.807) is 0 Å². The molecule has 2 heteroatoms. The number of pyridine rings is 1. The molecule has 1 aliphatic carbocycles. The second-order valence-electron chi connectivity index (χ2n) is 6.26. The molecular weight excluding hydrogens is 294 g/mol. The maximum Gasteiger partial charge on any atom is 0.197 e. The van der Waals surface area contributed by atoms with Crippen LogP contribution in [0, 0.1) is 6.92 Å². The summed E-state index contributed by atoms with van der Waals surface area (Å²) in [6.07, 6.45) is 7.08. The summed E-state index contributed by atoms with van der Waals surface area (Å²) in [5.41, 5.74) is 6.29. The van der Waals surface area contributed by atoms with Crippen LogP contribution in [0.25, 0.3) is 28.2 Å². The van der Waals surface area contributed by atoms with Gasteiger partial charge in [0.2, 0.25) is 0 Å². The first-order valence-electron chi connectivity index (χ1n) is 8.26. The van der Waals surface area contributed by atoms with E-state index < -0.39 is 0 Å². The number of aryl methyl sites for hydroxylation is 1. The van der Waals surface area contributed by atoms with Crippen LogP contribution in [0.5, 0.6) is 0 Å². The van der Waals surface area contributed by atoms with E-state index in [4.69, 9.17) is 0 Å². The maximum absolute atomic E-state index is 13.0. The summed E-state index contributed by atoms with van der Waals surface area (Å²) in [4.78, 5) is 13.0. The van der Waals surface area contributed by atoms with Crippen LogP contribution in [0.15, 0.2) is 65.5 Å². The van der Waals surface area contributed by atoms with Crippen LogP contribution in [0.4, 0.5) is 0 Å². The second-order valence-corrected chi connectivity index (χ2v) is 6.26. The van der Waals surface area contributed by atoms with Gasteiger partial charge in [-0.15, -0.1) is 0 Å². The van der Waals surface area contributed by atoms with Gasteiger partial charge in [-0.05, 0) is 49.6 Å². The van der Waals surface area contributed by atoms with Crippen molar-refractivity contribution >= 4 is 22.6 Å². The minimum absolute atomic E-state index is 0.108. The number of benzene rings is 2. The van der Waals surface area contributed by atoms with Crippen molar-refractivity contribution in [3.8, 4) is 5.69 Å². The zero-order valence-corrected chi connectivity index (χ0v) is 13.9. The van der Waals surface area contributed by atoms with Crippen LogP contribution in [0.1, 0.15) is 30.2 Å². The van der Waals surface area contributed by atoms with Gasteiger partial charge in [0.25, 0.3) is 0 Å². The summed E-state index contributed by atoms with van der Waals surface area (Å²) in [5.74, 6) is 0. The molecule has 0 aliphatic heterocycles. The number of hydrogen-bond donors (Lipinski definition) is 0. The average molecular weight is 313 g/mol. The summed E-state index contributed by atoms with van der Waals surface area (Å²) < 4.78 is 2.24. The number of rotatable bonds is 1. The van der Waals surface area contributed by atoms with E-state index in [0.717, 1.165) is 39.8 Å². The first-order valence-corrected chi connectivity index (χ1v) is 8.26. The standard InChI is InChI=1S/C22H19NO/c1-15-9-4-7-13-19(15)23-20-14-8-6-11-17(20)22(24)18-12-5-3-10-16(2)21(18)23/h4-14H,3H2,1-2H3. The summed E-state index contributed by atoms with van der Waals surface area (Å²) >= 11 is 0. The Morgan fingerprint density at radius 1 is 0.958 bits per heavy atom. The third-order valence-electron chi connectivity index (χ3n) is 4.69. The normalized spacial score (nSPS) is 13.5. The van der Waals surface area contributed by atoms with Gasteiger partial charge in [-0.25, -0.2) is 0 Å². The minimum atomic E-state index is 0.108. The molecular formula is C22H19NO. The molecule has 2 aromatic carbocycles. The molecule has 0 N–H and O–H groups in total. The highest BCUT2D eigenvalue weighted by atomic mass is 16.1. The van der Waals surface area contributed by atoms with Crippen molar-refractivity contribution in [3.05, 3.63) is 87.7 Å². The molecule has 0 saturated heterocycles. The molecule has 0 fully saturated rings. The van der Waals surface area contributed by atoms with E-state index in [2.05, 4.69) is 42.7 Å². The highest BCUT2D eigenvalue weighted by molar-refractivity contribution is 5.88. The van der Waals surface area contributed by atoms with Crippen molar-refractivity contribution in [3.63, 3.8) is 0 Å². The lowest BCUT2D eigenvalue weighted by Gasteiger charge is -2.21. The van der Waals surface area contributed by atoms with Crippen molar-refractivity contribution in [1.82, 2.24) is 4.57 Å². The monoisotopic (exact) mass is 313 g/mol. The molecule has 2 nitrogen and oxygen atoms in total. The third-order valence-corrected chi connectivity index (χ3v) is 4.69. The van der Waals surface area contributed by atoms with E-state index >= 15 is 0 Å². The van der Waals surface area contributed by atoms with Crippen LogP contribution in [-0.4, -0.2) is 4.57 Å². The Balaban J connectivity index is 2.28. The molecule has 4 rings (SSSR count). The Labute approximate surface area is 141 Å². The molecule has 0 unspecified atom stereocenters. The average Bonchev–Trinajstić information content (AvgIpc) is 2.79. The number of para-hydroxylation sites is 2. The summed E-state index contributed by atoms with van der Waals surface area (Å²) in [6, 6.07) is 16.2. The number of aromatic nitrogens is 1. The van der Waals surface area contributed by atoms with Gasteiger partial charge in [-0.3, -0.25) is 4.79 Å². The van der Waals surface area contributed by atoms with E-state index in [1.165, 1.54) is 5.56 Å². The fourth-order valence-electron chi connectivity index (χ4n) is 3.49. The fraction of sp³-hybridized carbons (Fsp3) is 0.136. The lowest BCUT2D eigenvalue weighted by atomic mass is 10.0. The van der Waals surface area contributed by atoms with Crippen molar-refractivity contribution < 1.29 is 0 Å². The Kier molecular flexibility index (Phi) is 3.46. The topological polar surface area (TPSA) is 22.0 Å². The van der Waals surface area contributed by atoms with E-state index in [9.17, 15) is 4.79 Å². The van der Waals surface area contributed by atoms with Crippen LogP contribution in [0.2, 0.25) is 0 Å². The Morgan fingerprint density at radius 2 is 1.71 bits per heavy atom. The van der Waals surface area contributed by atoms with Crippen LogP contribution >= 0.6 is 0 Å². The molecule has 0 bridgehead atoms. The Bertz CT molecular complexity index is 1070. The number of nitrogens with zero attached hydrogens (tertiary/aromatic N) is 1. The van der Waals surface area contributed by atoms with Crippen molar-refractivity contribution in [2.24, 2.45) is 0 Å². The summed E-state index contributed by atoms with van der Waals surface area (Å²) in [7, 11) is 0.